The zero-order valence-electron chi connectivity index (χ0n) is 18.5. The van der Waals surface area contributed by atoms with Crippen LogP contribution in [0.15, 0.2) is 59.5 Å². The summed E-state index contributed by atoms with van der Waals surface area (Å²) in [5.41, 5.74) is 1.49. The molecule has 8 heteroatoms. The lowest BCUT2D eigenvalue weighted by Crippen LogP contribution is -2.45. The molecule has 3 aromatic rings. The predicted octanol–water partition coefficient (Wildman–Crippen LogP) is 3.74. The second-order valence-corrected chi connectivity index (χ2v) is 10.1. The molecule has 0 saturated carbocycles. The third kappa shape index (κ3) is 4.52. The van der Waals surface area contributed by atoms with Crippen molar-refractivity contribution in [2.75, 3.05) is 33.3 Å². The lowest BCUT2D eigenvalue weighted by Gasteiger charge is -2.34. The lowest BCUT2D eigenvalue weighted by atomic mass is 9.99. The topological polar surface area (TPSA) is 82.7 Å². The van der Waals surface area contributed by atoms with E-state index in [0.717, 1.165) is 23.7 Å². The average molecular weight is 456 g/mol. The van der Waals surface area contributed by atoms with Crippen LogP contribution in [0.1, 0.15) is 30.3 Å². The molecule has 1 N–H and O–H groups in total. The number of benzene rings is 2. The van der Waals surface area contributed by atoms with Gasteiger partial charge in [0.05, 0.1) is 12.0 Å². The molecule has 1 amide bonds. The van der Waals surface area contributed by atoms with E-state index < -0.39 is 10.0 Å². The molecule has 1 unspecified atom stereocenters. The Morgan fingerprint density at radius 1 is 1.19 bits per heavy atom. The second-order valence-electron chi connectivity index (χ2n) is 8.16. The third-order valence-corrected chi connectivity index (χ3v) is 7.97. The summed E-state index contributed by atoms with van der Waals surface area (Å²) in [5, 5.41) is 1.00. The minimum atomic E-state index is -3.58. The van der Waals surface area contributed by atoms with Gasteiger partial charge in [0.2, 0.25) is 10.0 Å². The molecule has 0 spiro atoms. The van der Waals surface area contributed by atoms with E-state index in [-0.39, 0.29) is 16.7 Å². The maximum Gasteiger partial charge on any atom is 0.270 e. The number of hydrogen-bond acceptors (Lipinski definition) is 4. The number of nitrogens with zero attached hydrogens (tertiary/aromatic N) is 2. The van der Waals surface area contributed by atoms with Gasteiger partial charge in [-0.25, -0.2) is 8.42 Å². The highest BCUT2D eigenvalue weighted by molar-refractivity contribution is 7.89. The van der Waals surface area contributed by atoms with E-state index >= 15 is 0 Å². The normalized spacial score (nSPS) is 17.4. The number of aromatic nitrogens is 1. The SMILES string of the molecule is CCN(CC1CCCN(S(=O)(=O)c2ccc(OC)cc2)C1)C(=O)c1cc2ccccc2[nH]1. The number of para-hydroxylation sites is 1. The summed E-state index contributed by atoms with van der Waals surface area (Å²) >= 11 is 0. The number of ether oxygens (including phenoxy) is 1. The molecule has 7 nitrogen and oxygen atoms in total. The monoisotopic (exact) mass is 455 g/mol. The van der Waals surface area contributed by atoms with Crippen LogP contribution < -0.4 is 4.74 Å². The Hall–Kier alpha value is -2.84. The van der Waals surface area contributed by atoms with Gasteiger partial charge in [0, 0.05) is 37.1 Å². The summed E-state index contributed by atoms with van der Waals surface area (Å²) in [6.45, 7) is 3.95. The number of carbonyl (C=O) groups is 1. The number of sulfonamides is 1. The predicted molar refractivity (Wildman–Crippen MR) is 124 cm³/mol. The average Bonchev–Trinajstić information content (AvgIpc) is 3.26. The summed E-state index contributed by atoms with van der Waals surface area (Å²) in [7, 11) is -2.03. The molecular formula is C24H29N3O4S. The molecule has 170 valence electrons. The Morgan fingerprint density at radius 2 is 1.94 bits per heavy atom. The second kappa shape index (κ2) is 9.34. The highest BCUT2D eigenvalue weighted by atomic mass is 32.2. The van der Waals surface area contributed by atoms with Crippen molar-refractivity contribution in [2.24, 2.45) is 5.92 Å². The van der Waals surface area contributed by atoms with Gasteiger partial charge >= 0.3 is 0 Å². The fourth-order valence-electron chi connectivity index (χ4n) is 4.32. The summed E-state index contributed by atoms with van der Waals surface area (Å²) < 4.78 is 33.0. The maximum absolute atomic E-state index is 13.1. The number of rotatable bonds is 7. The molecule has 0 radical (unpaired) electrons. The Kier molecular flexibility index (Phi) is 6.53. The van der Waals surface area contributed by atoms with Crippen LogP contribution in [0.5, 0.6) is 5.75 Å². The third-order valence-electron chi connectivity index (χ3n) is 6.09. The molecule has 1 fully saturated rings. The minimum Gasteiger partial charge on any atom is -0.497 e. The fourth-order valence-corrected chi connectivity index (χ4v) is 5.87. The van der Waals surface area contributed by atoms with Crippen molar-refractivity contribution in [3.63, 3.8) is 0 Å². The van der Waals surface area contributed by atoms with Crippen molar-refractivity contribution in [3.05, 3.63) is 60.3 Å². The van der Waals surface area contributed by atoms with Gasteiger partial charge in [0.15, 0.2) is 0 Å². The maximum atomic E-state index is 13.1. The first-order chi connectivity index (χ1) is 15.4. The first kappa shape index (κ1) is 22.4. The van der Waals surface area contributed by atoms with E-state index in [4.69, 9.17) is 4.74 Å². The number of amides is 1. The smallest absolute Gasteiger partial charge is 0.270 e. The molecule has 0 bridgehead atoms. The molecule has 1 aliphatic heterocycles. The Balaban J connectivity index is 1.46. The van der Waals surface area contributed by atoms with Gasteiger partial charge in [-0.3, -0.25) is 4.79 Å². The van der Waals surface area contributed by atoms with Gasteiger partial charge in [-0.2, -0.15) is 4.31 Å². The number of carbonyl (C=O) groups excluding carboxylic acids is 1. The highest BCUT2D eigenvalue weighted by Crippen LogP contribution is 2.26. The van der Waals surface area contributed by atoms with Crippen LogP contribution >= 0.6 is 0 Å². The number of piperidine rings is 1. The van der Waals surface area contributed by atoms with Crippen molar-refractivity contribution in [2.45, 2.75) is 24.7 Å². The number of methoxy groups -OCH3 is 1. The summed E-state index contributed by atoms with van der Waals surface area (Å²) in [5.74, 6) is 0.651. The number of aromatic amines is 1. The van der Waals surface area contributed by atoms with E-state index in [1.165, 1.54) is 0 Å². The van der Waals surface area contributed by atoms with E-state index in [9.17, 15) is 13.2 Å². The van der Waals surface area contributed by atoms with Gasteiger partial charge < -0.3 is 14.6 Å². The molecular weight excluding hydrogens is 426 g/mol. The lowest BCUT2D eigenvalue weighted by molar-refractivity contribution is 0.0712. The molecule has 1 saturated heterocycles. The zero-order chi connectivity index (χ0) is 22.7. The number of H-pyrrole nitrogens is 1. The van der Waals surface area contributed by atoms with Crippen LogP contribution in [-0.4, -0.2) is 61.8 Å². The molecule has 2 heterocycles. The van der Waals surface area contributed by atoms with E-state index in [0.29, 0.717) is 37.6 Å². The largest absolute Gasteiger partial charge is 0.497 e. The molecule has 1 aliphatic rings. The van der Waals surface area contributed by atoms with Crippen molar-refractivity contribution in [1.29, 1.82) is 0 Å². The van der Waals surface area contributed by atoms with E-state index in [2.05, 4.69) is 4.98 Å². The quantitative estimate of drug-likeness (QED) is 0.588. The van der Waals surface area contributed by atoms with Crippen molar-refractivity contribution in [3.8, 4) is 5.75 Å². The van der Waals surface area contributed by atoms with Crippen LogP contribution in [0.3, 0.4) is 0 Å². The minimum absolute atomic E-state index is 0.0566. The van der Waals surface area contributed by atoms with Crippen molar-refractivity contribution < 1.29 is 17.9 Å². The standard InChI is InChI=1S/C24H29N3O4S/c1-3-26(24(28)23-15-19-8-4-5-9-22(19)25-23)16-18-7-6-14-27(17-18)32(29,30)21-12-10-20(31-2)11-13-21/h4-5,8-13,15,18,25H,3,6-7,14,16-17H2,1-2H3. The first-order valence-electron chi connectivity index (χ1n) is 10.9. The van der Waals surface area contributed by atoms with Gasteiger partial charge in [0.1, 0.15) is 11.4 Å². The summed E-state index contributed by atoms with van der Waals surface area (Å²) in [4.78, 5) is 18.4. The van der Waals surface area contributed by atoms with Crippen molar-refractivity contribution >= 4 is 26.8 Å². The number of nitrogens with one attached hydrogen (secondary N) is 1. The summed E-state index contributed by atoms with van der Waals surface area (Å²) in [6.07, 6.45) is 1.67. The van der Waals surface area contributed by atoms with E-state index in [1.807, 2.05) is 37.3 Å². The van der Waals surface area contributed by atoms with Gasteiger partial charge in [-0.15, -0.1) is 0 Å². The first-order valence-corrected chi connectivity index (χ1v) is 12.4. The van der Waals surface area contributed by atoms with Gasteiger partial charge in [-0.1, -0.05) is 18.2 Å². The van der Waals surface area contributed by atoms with Crippen LogP contribution in [0.4, 0.5) is 0 Å². The van der Waals surface area contributed by atoms with Crippen LogP contribution in [0.25, 0.3) is 10.9 Å². The van der Waals surface area contributed by atoms with Gasteiger partial charge in [0.25, 0.3) is 5.91 Å². The fraction of sp³-hybridized carbons (Fsp3) is 0.375. The molecule has 1 atom stereocenters. The summed E-state index contributed by atoms with van der Waals surface area (Å²) in [6, 6.07) is 16.2. The van der Waals surface area contributed by atoms with Crippen LogP contribution in [-0.2, 0) is 10.0 Å². The van der Waals surface area contributed by atoms with Crippen LogP contribution in [0.2, 0.25) is 0 Å². The number of fused-ring (bicyclic) bond motifs is 1. The molecule has 1 aromatic heterocycles. The highest BCUT2D eigenvalue weighted by Gasteiger charge is 2.32. The van der Waals surface area contributed by atoms with Gasteiger partial charge in [-0.05, 0) is 62.1 Å². The Bertz CT molecular complexity index is 1150. The zero-order valence-corrected chi connectivity index (χ0v) is 19.3. The molecule has 0 aliphatic carbocycles. The number of hydrogen-bond donors (Lipinski definition) is 1. The molecule has 2 aromatic carbocycles. The Labute approximate surface area is 189 Å². The molecule has 4 rings (SSSR count). The Morgan fingerprint density at radius 3 is 2.62 bits per heavy atom. The van der Waals surface area contributed by atoms with Crippen LogP contribution in [0, 0.1) is 5.92 Å². The van der Waals surface area contributed by atoms with Crippen molar-refractivity contribution in [1.82, 2.24) is 14.2 Å². The van der Waals surface area contributed by atoms with E-state index in [1.54, 1.807) is 40.6 Å². The molecule has 32 heavy (non-hydrogen) atoms.